The number of amides is 2. The second kappa shape index (κ2) is 8.08. The number of carbonyl (C=O) groups excluding carboxylic acids is 2. The van der Waals surface area contributed by atoms with Crippen molar-refractivity contribution in [1.29, 1.82) is 0 Å². The Kier molecular flexibility index (Phi) is 5.79. The van der Waals surface area contributed by atoms with Crippen LogP contribution in [0.25, 0.3) is 11.0 Å². The molecule has 1 fully saturated rings. The fourth-order valence-corrected chi connectivity index (χ4v) is 3.61. The summed E-state index contributed by atoms with van der Waals surface area (Å²) in [5.74, 6) is 0.692. The molecule has 146 valence electrons. The average molecular weight is 371 g/mol. The minimum absolute atomic E-state index is 0.0618. The van der Waals surface area contributed by atoms with E-state index in [4.69, 9.17) is 0 Å². The summed E-state index contributed by atoms with van der Waals surface area (Å²) in [5, 5.41) is 5.78. The van der Waals surface area contributed by atoms with Gasteiger partial charge in [-0.25, -0.2) is 4.98 Å². The van der Waals surface area contributed by atoms with Crippen LogP contribution in [0.5, 0.6) is 0 Å². The Bertz CT molecular complexity index is 842. The van der Waals surface area contributed by atoms with Crippen LogP contribution in [-0.2, 0) is 16.0 Å². The van der Waals surface area contributed by atoms with E-state index in [0.717, 1.165) is 23.4 Å². The normalized spacial score (nSPS) is 18.1. The van der Waals surface area contributed by atoms with E-state index in [1.807, 2.05) is 6.07 Å². The van der Waals surface area contributed by atoms with Gasteiger partial charge in [-0.3, -0.25) is 14.5 Å². The number of aromatic amines is 1. The Morgan fingerprint density at radius 2 is 2.15 bits per heavy atom. The molecule has 2 amide bonds. The number of fused-ring (bicyclic) bond motifs is 1. The molecule has 7 heteroatoms. The molecule has 27 heavy (non-hydrogen) atoms. The highest BCUT2D eigenvalue weighted by Crippen LogP contribution is 2.19. The summed E-state index contributed by atoms with van der Waals surface area (Å²) < 4.78 is 0. The molecule has 0 radical (unpaired) electrons. The molecule has 1 aromatic heterocycles. The smallest absolute Gasteiger partial charge is 0.237 e. The van der Waals surface area contributed by atoms with E-state index in [2.05, 4.69) is 59.3 Å². The number of nitrogens with zero attached hydrogens (tertiary/aromatic N) is 2. The van der Waals surface area contributed by atoms with Crippen LogP contribution < -0.4 is 10.6 Å². The van der Waals surface area contributed by atoms with Crippen LogP contribution in [-0.4, -0.2) is 58.4 Å². The van der Waals surface area contributed by atoms with Gasteiger partial charge in [0.25, 0.3) is 0 Å². The molecule has 0 aliphatic carbocycles. The Morgan fingerprint density at radius 1 is 1.37 bits per heavy atom. The van der Waals surface area contributed by atoms with Crippen molar-refractivity contribution >= 4 is 22.8 Å². The van der Waals surface area contributed by atoms with Crippen molar-refractivity contribution in [3.8, 4) is 0 Å². The first-order chi connectivity index (χ1) is 12.9. The standard InChI is InChI=1S/C20H29N5O2/c1-12(2)25-10-9-22-20(27)16(25)11-18(26)21-8-7-17-23-15-6-5-13(3)14(4)19(15)24-17/h5-6,12,16H,7-11H2,1-4H3,(H,21,26)(H,22,27)(H,23,24)/t16-/m1/s1. The summed E-state index contributed by atoms with van der Waals surface area (Å²) in [6.07, 6.45) is 0.812. The second-order valence-electron chi connectivity index (χ2n) is 7.53. The largest absolute Gasteiger partial charge is 0.356 e. The summed E-state index contributed by atoms with van der Waals surface area (Å²) in [5.41, 5.74) is 4.40. The fraction of sp³-hybridized carbons (Fsp3) is 0.550. The van der Waals surface area contributed by atoms with Gasteiger partial charge in [0.1, 0.15) is 5.82 Å². The molecular weight excluding hydrogens is 342 g/mol. The maximum atomic E-state index is 12.3. The maximum Gasteiger partial charge on any atom is 0.237 e. The van der Waals surface area contributed by atoms with Crippen molar-refractivity contribution < 1.29 is 9.59 Å². The third kappa shape index (κ3) is 4.30. The van der Waals surface area contributed by atoms with Crippen LogP contribution in [0.4, 0.5) is 0 Å². The summed E-state index contributed by atoms with van der Waals surface area (Å²) in [6, 6.07) is 3.96. The molecule has 1 aliphatic heterocycles. The molecule has 1 atom stereocenters. The summed E-state index contributed by atoms with van der Waals surface area (Å²) in [4.78, 5) is 34.5. The van der Waals surface area contributed by atoms with Crippen molar-refractivity contribution in [2.45, 2.75) is 52.6 Å². The van der Waals surface area contributed by atoms with Gasteiger partial charge >= 0.3 is 0 Å². The van der Waals surface area contributed by atoms with Crippen LogP contribution in [0.1, 0.15) is 37.2 Å². The summed E-state index contributed by atoms with van der Waals surface area (Å²) in [6.45, 7) is 10.2. The molecule has 1 saturated heterocycles. The molecule has 0 saturated carbocycles. The number of carbonyl (C=O) groups is 2. The SMILES string of the molecule is Cc1ccc2[nH]c(CCNC(=O)C[C@@H]3C(=O)NCCN3C(C)C)nc2c1C. The Hall–Kier alpha value is -2.41. The topological polar surface area (TPSA) is 90.1 Å². The lowest BCUT2D eigenvalue weighted by molar-refractivity contribution is -0.134. The van der Waals surface area contributed by atoms with Crippen molar-refractivity contribution in [3.63, 3.8) is 0 Å². The van der Waals surface area contributed by atoms with Gasteiger partial charge in [0, 0.05) is 32.1 Å². The first kappa shape index (κ1) is 19.4. The maximum absolute atomic E-state index is 12.3. The average Bonchev–Trinajstić information content (AvgIpc) is 3.03. The number of nitrogens with one attached hydrogen (secondary N) is 3. The molecule has 2 heterocycles. The minimum Gasteiger partial charge on any atom is -0.356 e. The first-order valence-electron chi connectivity index (χ1n) is 9.61. The molecule has 2 aromatic rings. The zero-order chi connectivity index (χ0) is 19.6. The van der Waals surface area contributed by atoms with Crippen molar-refractivity contribution in [2.75, 3.05) is 19.6 Å². The first-order valence-corrected chi connectivity index (χ1v) is 9.61. The van der Waals surface area contributed by atoms with Crippen LogP contribution in [0.3, 0.4) is 0 Å². The quantitative estimate of drug-likeness (QED) is 0.717. The van der Waals surface area contributed by atoms with Crippen LogP contribution in [0, 0.1) is 13.8 Å². The molecule has 1 aromatic carbocycles. The molecule has 0 unspecified atom stereocenters. The predicted octanol–water partition coefficient (Wildman–Crippen LogP) is 1.44. The highest BCUT2D eigenvalue weighted by Gasteiger charge is 2.32. The second-order valence-corrected chi connectivity index (χ2v) is 7.53. The lowest BCUT2D eigenvalue weighted by Gasteiger charge is -2.37. The zero-order valence-corrected chi connectivity index (χ0v) is 16.6. The van der Waals surface area contributed by atoms with E-state index >= 15 is 0 Å². The van der Waals surface area contributed by atoms with Gasteiger partial charge in [-0.15, -0.1) is 0 Å². The number of imidazole rings is 1. The number of rotatable bonds is 6. The Morgan fingerprint density at radius 3 is 2.89 bits per heavy atom. The molecule has 0 bridgehead atoms. The monoisotopic (exact) mass is 371 g/mol. The van der Waals surface area contributed by atoms with Crippen molar-refractivity contribution in [2.24, 2.45) is 0 Å². The van der Waals surface area contributed by atoms with Crippen LogP contribution in [0.15, 0.2) is 12.1 Å². The summed E-state index contributed by atoms with van der Waals surface area (Å²) in [7, 11) is 0. The van der Waals surface area contributed by atoms with Crippen LogP contribution >= 0.6 is 0 Å². The summed E-state index contributed by atoms with van der Waals surface area (Å²) >= 11 is 0. The van der Waals surface area contributed by atoms with Gasteiger partial charge in [0.05, 0.1) is 23.5 Å². The van der Waals surface area contributed by atoms with E-state index in [1.165, 1.54) is 11.1 Å². The van der Waals surface area contributed by atoms with Crippen LogP contribution in [0.2, 0.25) is 0 Å². The third-order valence-corrected chi connectivity index (χ3v) is 5.33. The molecular formula is C20H29N5O2. The fourth-order valence-electron chi connectivity index (χ4n) is 3.61. The Balaban J connectivity index is 1.55. The van der Waals surface area contributed by atoms with Gasteiger partial charge in [-0.1, -0.05) is 6.07 Å². The lowest BCUT2D eigenvalue weighted by atomic mass is 10.1. The lowest BCUT2D eigenvalue weighted by Crippen LogP contribution is -2.58. The molecule has 0 spiro atoms. The molecule has 7 nitrogen and oxygen atoms in total. The number of aryl methyl sites for hydroxylation is 2. The predicted molar refractivity (Wildman–Crippen MR) is 106 cm³/mol. The van der Waals surface area contributed by atoms with Crippen molar-refractivity contribution in [3.05, 3.63) is 29.1 Å². The van der Waals surface area contributed by atoms with E-state index in [1.54, 1.807) is 0 Å². The Labute approximate surface area is 159 Å². The van der Waals surface area contributed by atoms with Gasteiger partial charge in [0.2, 0.25) is 11.8 Å². The van der Waals surface area contributed by atoms with Gasteiger partial charge < -0.3 is 15.6 Å². The number of hydrogen-bond acceptors (Lipinski definition) is 4. The molecule has 3 N–H and O–H groups in total. The molecule has 1 aliphatic rings. The number of aromatic nitrogens is 2. The number of piperazine rings is 1. The van der Waals surface area contributed by atoms with E-state index in [9.17, 15) is 9.59 Å². The minimum atomic E-state index is -0.393. The number of hydrogen-bond donors (Lipinski definition) is 3. The van der Waals surface area contributed by atoms with Gasteiger partial charge in [-0.05, 0) is 44.9 Å². The van der Waals surface area contributed by atoms with Gasteiger partial charge in [0.15, 0.2) is 0 Å². The molecule has 3 rings (SSSR count). The van der Waals surface area contributed by atoms with E-state index in [-0.39, 0.29) is 24.3 Å². The number of benzene rings is 1. The van der Waals surface area contributed by atoms with E-state index < -0.39 is 6.04 Å². The number of H-pyrrole nitrogens is 1. The van der Waals surface area contributed by atoms with E-state index in [0.29, 0.717) is 19.5 Å². The highest BCUT2D eigenvalue weighted by atomic mass is 16.2. The van der Waals surface area contributed by atoms with Crippen molar-refractivity contribution in [1.82, 2.24) is 25.5 Å². The third-order valence-electron chi connectivity index (χ3n) is 5.33. The van der Waals surface area contributed by atoms with Gasteiger partial charge in [-0.2, -0.15) is 0 Å². The zero-order valence-electron chi connectivity index (χ0n) is 16.6. The highest BCUT2D eigenvalue weighted by molar-refractivity contribution is 5.88.